The third kappa shape index (κ3) is 4.69. The number of amidine groups is 1. The van der Waals surface area contributed by atoms with Gasteiger partial charge in [0.25, 0.3) is 0 Å². The number of hydrogen-bond acceptors (Lipinski definition) is 7. The Kier molecular flexibility index (Phi) is 7.54. The molecule has 2 aliphatic heterocycles. The van der Waals surface area contributed by atoms with Crippen LogP contribution < -0.4 is 9.47 Å². The molecule has 10 heteroatoms. The third-order valence-electron chi connectivity index (χ3n) is 5.31. The highest BCUT2D eigenvalue weighted by Crippen LogP contribution is 2.45. The first-order valence-electron chi connectivity index (χ1n) is 10.4. The summed E-state index contributed by atoms with van der Waals surface area (Å²) in [5.41, 5.74) is 2.05. The van der Waals surface area contributed by atoms with Gasteiger partial charge < -0.3 is 19.1 Å². The van der Waals surface area contributed by atoms with E-state index in [4.69, 9.17) is 25.8 Å². The maximum atomic E-state index is 14.2. The number of fused-ring (bicyclic) bond motifs is 1. The van der Waals surface area contributed by atoms with Crippen molar-refractivity contribution in [1.29, 1.82) is 0 Å². The lowest BCUT2D eigenvalue weighted by Gasteiger charge is -2.33. The Morgan fingerprint density at radius 3 is 2.85 bits per heavy atom. The zero-order chi connectivity index (χ0) is 24.4. The molecule has 2 aromatic rings. The number of rotatable bonds is 7. The van der Waals surface area contributed by atoms with E-state index in [-0.39, 0.29) is 23.8 Å². The molecule has 0 bridgehead atoms. The number of allylic oxidation sites excluding steroid dienone is 1. The molecule has 2 heterocycles. The average Bonchev–Trinajstić information content (AvgIpc) is 3.26. The lowest BCUT2D eigenvalue weighted by atomic mass is 9.94. The fourth-order valence-corrected chi connectivity index (χ4v) is 5.33. The van der Waals surface area contributed by atoms with Crippen LogP contribution in [0.5, 0.6) is 11.5 Å². The largest absolute Gasteiger partial charge is 0.493 e. The zero-order valence-electron chi connectivity index (χ0n) is 18.6. The molecular formula is C24H21BrClFN2O4S. The van der Waals surface area contributed by atoms with E-state index in [1.165, 1.54) is 31.0 Å². The maximum Gasteiger partial charge on any atom is 0.338 e. The summed E-state index contributed by atoms with van der Waals surface area (Å²) < 4.78 is 31.6. The highest BCUT2D eigenvalue weighted by molar-refractivity contribution is 9.10. The number of carbonyl (C=O) groups excluding carboxylic acids is 1. The molecule has 0 saturated carbocycles. The summed E-state index contributed by atoms with van der Waals surface area (Å²) in [6, 6.07) is 7.63. The molecule has 2 aromatic carbocycles. The van der Waals surface area contributed by atoms with Gasteiger partial charge in [0, 0.05) is 11.8 Å². The number of nitrogens with zero attached hydrogens (tertiary/aromatic N) is 2. The molecule has 2 aliphatic rings. The molecule has 6 nitrogen and oxygen atoms in total. The van der Waals surface area contributed by atoms with Crippen LogP contribution in [0.3, 0.4) is 0 Å². The quantitative estimate of drug-likeness (QED) is 0.352. The molecule has 0 N–H and O–H groups in total. The van der Waals surface area contributed by atoms with Crippen molar-refractivity contribution < 1.29 is 23.4 Å². The van der Waals surface area contributed by atoms with Crippen LogP contribution in [-0.4, -0.2) is 29.8 Å². The van der Waals surface area contributed by atoms with E-state index < -0.39 is 17.8 Å². The fraction of sp³-hybridized carbons (Fsp3) is 0.250. The fourth-order valence-electron chi connectivity index (χ4n) is 3.75. The second kappa shape index (κ2) is 10.4. The zero-order valence-corrected chi connectivity index (χ0v) is 21.8. The van der Waals surface area contributed by atoms with Gasteiger partial charge in [-0.2, -0.15) is 0 Å². The summed E-state index contributed by atoms with van der Waals surface area (Å²) in [4.78, 5) is 19.4. The van der Waals surface area contributed by atoms with E-state index >= 15 is 0 Å². The smallest absolute Gasteiger partial charge is 0.338 e. The summed E-state index contributed by atoms with van der Waals surface area (Å²) in [6.45, 7) is 3.73. The molecule has 0 aliphatic carbocycles. The predicted molar refractivity (Wildman–Crippen MR) is 135 cm³/mol. The van der Waals surface area contributed by atoms with Crippen LogP contribution >= 0.6 is 39.3 Å². The van der Waals surface area contributed by atoms with Gasteiger partial charge >= 0.3 is 5.97 Å². The molecule has 0 aromatic heterocycles. The Balaban J connectivity index is 1.73. The van der Waals surface area contributed by atoms with Gasteiger partial charge in [-0.05, 0) is 65.0 Å². The van der Waals surface area contributed by atoms with Crippen molar-refractivity contribution in [2.75, 3.05) is 13.7 Å². The van der Waals surface area contributed by atoms with Crippen LogP contribution in [0.4, 0.5) is 4.39 Å². The Labute approximate surface area is 214 Å². The Morgan fingerprint density at radius 2 is 2.15 bits per heavy atom. The first-order chi connectivity index (χ1) is 16.3. The molecule has 178 valence electrons. The van der Waals surface area contributed by atoms with Crippen molar-refractivity contribution in [1.82, 2.24) is 4.90 Å². The van der Waals surface area contributed by atoms with Crippen LogP contribution in [0.15, 0.2) is 62.7 Å². The lowest BCUT2D eigenvalue weighted by molar-refractivity contribution is -0.139. The van der Waals surface area contributed by atoms with E-state index in [1.807, 2.05) is 22.6 Å². The minimum atomic E-state index is -0.474. The molecule has 0 amide bonds. The van der Waals surface area contributed by atoms with Gasteiger partial charge in [0.05, 0.1) is 40.5 Å². The van der Waals surface area contributed by atoms with Crippen molar-refractivity contribution in [2.45, 2.75) is 26.5 Å². The molecule has 34 heavy (non-hydrogen) atoms. The Morgan fingerprint density at radius 1 is 1.35 bits per heavy atom. The van der Waals surface area contributed by atoms with Gasteiger partial charge in [-0.1, -0.05) is 29.4 Å². The summed E-state index contributed by atoms with van der Waals surface area (Å²) in [7, 11) is 1.52. The van der Waals surface area contributed by atoms with E-state index in [9.17, 15) is 9.18 Å². The van der Waals surface area contributed by atoms with Crippen LogP contribution in [0.2, 0.25) is 5.02 Å². The lowest BCUT2D eigenvalue weighted by Crippen LogP contribution is -2.34. The molecular weight excluding hydrogens is 547 g/mol. The highest BCUT2D eigenvalue weighted by atomic mass is 79.9. The monoisotopic (exact) mass is 566 g/mol. The molecule has 4 rings (SSSR count). The predicted octanol–water partition coefficient (Wildman–Crippen LogP) is 6.60. The first-order valence-corrected chi connectivity index (χ1v) is 12.4. The molecule has 0 fully saturated rings. The van der Waals surface area contributed by atoms with Crippen LogP contribution in [0.1, 0.15) is 31.0 Å². The van der Waals surface area contributed by atoms with Crippen molar-refractivity contribution >= 4 is 50.4 Å². The van der Waals surface area contributed by atoms with E-state index in [0.717, 1.165) is 10.7 Å². The van der Waals surface area contributed by atoms with Gasteiger partial charge in [0.1, 0.15) is 12.4 Å². The summed E-state index contributed by atoms with van der Waals surface area (Å²) >= 11 is 11.2. The van der Waals surface area contributed by atoms with Crippen molar-refractivity contribution in [2.24, 2.45) is 4.99 Å². The average molecular weight is 568 g/mol. The van der Waals surface area contributed by atoms with Gasteiger partial charge in [0.2, 0.25) is 0 Å². The second-order valence-corrected chi connectivity index (χ2v) is 9.48. The Bertz CT molecular complexity index is 1210. The number of benzene rings is 2. The number of esters is 1. The van der Waals surface area contributed by atoms with Gasteiger partial charge in [0.15, 0.2) is 16.7 Å². The topological polar surface area (TPSA) is 60.4 Å². The standard InChI is InChI=1S/C24H21BrClFN2O4S/c1-4-32-23(30)20-13(2)28-24-29(8-9-34-24)21(20)14-10-16(25)22(19(11-14)31-3)33-12-15-17(26)6-5-7-18(15)27/h5-11,21H,4,12H2,1-3H3/t21-/m0/s1. The van der Waals surface area contributed by atoms with Crippen LogP contribution in [0.25, 0.3) is 0 Å². The van der Waals surface area contributed by atoms with E-state index in [2.05, 4.69) is 20.9 Å². The van der Waals surface area contributed by atoms with Gasteiger partial charge in [-0.15, -0.1) is 0 Å². The normalized spacial score (nSPS) is 16.9. The number of aliphatic imine (C=N–C) groups is 1. The number of hydrogen-bond donors (Lipinski definition) is 0. The van der Waals surface area contributed by atoms with Gasteiger partial charge in [-0.25, -0.2) is 14.2 Å². The highest BCUT2D eigenvalue weighted by Gasteiger charge is 2.38. The third-order valence-corrected chi connectivity index (χ3v) is 7.02. The molecule has 0 unspecified atom stereocenters. The molecule has 0 saturated heterocycles. The minimum Gasteiger partial charge on any atom is -0.493 e. The van der Waals surface area contributed by atoms with Crippen molar-refractivity contribution in [3.8, 4) is 11.5 Å². The van der Waals surface area contributed by atoms with E-state index in [0.29, 0.717) is 27.2 Å². The number of thioether (sulfide) groups is 1. The molecule has 1 atom stereocenters. The maximum absolute atomic E-state index is 14.2. The minimum absolute atomic E-state index is 0.0847. The Hall–Kier alpha value is -2.49. The number of methoxy groups -OCH3 is 1. The SMILES string of the molecule is CCOC(=O)C1=C(C)N=C2SC=CN2[C@H]1c1cc(Br)c(OCc2c(F)cccc2Cl)c(OC)c1. The molecule has 0 radical (unpaired) electrons. The number of carbonyl (C=O) groups is 1. The van der Waals surface area contributed by atoms with Crippen LogP contribution in [0, 0.1) is 5.82 Å². The van der Waals surface area contributed by atoms with Crippen molar-refractivity contribution in [3.05, 3.63) is 79.6 Å². The summed E-state index contributed by atoms with van der Waals surface area (Å²) in [5, 5.41) is 2.95. The summed E-state index contributed by atoms with van der Waals surface area (Å²) in [6.07, 6.45) is 1.88. The molecule has 0 spiro atoms. The van der Waals surface area contributed by atoms with Crippen molar-refractivity contribution in [3.63, 3.8) is 0 Å². The second-order valence-electron chi connectivity index (χ2n) is 7.35. The summed E-state index contributed by atoms with van der Waals surface area (Å²) in [5.74, 6) is -0.0773. The van der Waals surface area contributed by atoms with Gasteiger partial charge in [-0.3, -0.25) is 0 Å². The number of halogens is 3. The number of ether oxygens (including phenoxy) is 3. The first kappa shape index (κ1) is 24.6. The van der Waals surface area contributed by atoms with E-state index in [1.54, 1.807) is 26.0 Å². The van der Waals surface area contributed by atoms with Crippen LogP contribution in [-0.2, 0) is 16.1 Å².